The molecule has 0 saturated heterocycles. The highest BCUT2D eigenvalue weighted by molar-refractivity contribution is 5.93. The van der Waals surface area contributed by atoms with Crippen LogP contribution >= 0.6 is 0 Å². The van der Waals surface area contributed by atoms with Crippen LogP contribution in [0.2, 0.25) is 0 Å². The van der Waals surface area contributed by atoms with Crippen molar-refractivity contribution in [3.8, 4) is 0 Å². The molecule has 0 spiro atoms. The Hall–Kier alpha value is -3.22. The lowest BCUT2D eigenvalue weighted by molar-refractivity contribution is 0.618. The molecule has 0 bridgehead atoms. The molecule has 0 saturated carbocycles. The van der Waals surface area contributed by atoms with Crippen molar-refractivity contribution in [1.29, 1.82) is 0 Å². The van der Waals surface area contributed by atoms with E-state index in [0.717, 1.165) is 24.1 Å². The average molecular weight is 378 g/mol. The Morgan fingerprint density at radius 1 is 1.18 bits per heavy atom. The summed E-state index contributed by atoms with van der Waals surface area (Å²) in [6.45, 7) is 0.738. The highest BCUT2D eigenvalue weighted by Crippen LogP contribution is 2.27. The summed E-state index contributed by atoms with van der Waals surface area (Å²) in [5.74, 6) is 0.654. The van der Waals surface area contributed by atoms with Crippen LogP contribution in [0.25, 0.3) is 0 Å². The van der Waals surface area contributed by atoms with Gasteiger partial charge in [-0.3, -0.25) is 0 Å². The van der Waals surface area contributed by atoms with E-state index in [1.807, 2.05) is 12.1 Å². The van der Waals surface area contributed by atoms with Crippen LogP contribution in [0.4, 0.5) is 10.1 Å². The van der Waals surface area contributed by atoms with E-state index in [1.54, 1.807) is 17.1 Å². The number of fused-ring (bicyclic) bond motifs is 1. The molecule has 144 valence electrons. The molecule has 4 rings (SSSR count). The molecule has 2 aromatic carbocycles. The summed E-state index contributed by atoms with van der Waals surface area (Å²) in [6, 6.07) is 12.7. The zero-order chi connectivity index (χ0) is 19.3. The molecule has 0 radical (unpaired) electrons. The van der Waals surface area contributed by atoms with Crippen molar-refractivity contribution < 1.29 is 4.39 Å². The monoisotopic (exact) mass is 378 g/mol. The van der Waals surface area contributed by atoms with Gasteiger partial charge in [0.1, 0.15) is 18.7 Å². The lowest BCUT2D eigenvalue weighted by atomic mass is 9.90. The minimum absolute atomic E-state index is 0.260. The van der Waals surface area contributed by atoms with Gasteiger partial charge in [-0.15, -0.1) is 0 Å². The second-order valence-corrected chi connectivity index (χ2v) is 6.97. The number of rotatable bonds is 5. The standard InChI is InChI=1S/C21H23FN6/c22-17-8-3-5-15(11-17)13-28-14-25-20(27-28)12-24-21(23)26-19-10-4-7-16-6-1-2-9-18(16)19/h3-5,7-8,10-11,14H,1-2,6,9,12-13H2,(H3,23,24,26). The fourth-order valence-electron chi connectivity index (χ4n) is 3.54. The highest BCUT2D eigenvalue weighted by atomic mass is 19.1. The quantitative estimate of drug-likeness (QED) is 0.527. The zero-order valence-electron chi connectivity index (χ0n) is 15.6. The van der Waals surface area contributed by atoms with Crippen molar-refractivity contribution in [2.45, 2.75) is 38.8 Å². The number of nitrogens with zero attached hydrogens (tertiary/aromatic N) is 4. The van der Waals surface area contributed by atoms with E-state index in [2.05, 4.69) is 32.5 Å². The average Bonchev–Trinajstić information content (AvgIpc) is 3.14. The van der Waals surface area contributed by atoms with Crippen LogP contribution in [0.15, 0.2) is 53.8 Å². The van der Waals surface area contributed by atoms with Gasteiger partial charge in [-0.1, -0.05) is 24.3 Å². The maximum absolute atomic E-state index is 13.3. The van der Waals surface area contributed by atoms with E-state index in [4.69, 9.17) is 5.73 Å². The number of aliphatic imine (C=N–C) groups is 1. The zero-order valence-corrected chi connectivity index (χ0v) is 15.6. The van der Waals surface area contributed by atoms with Gasteiger partial charge in [-0.2, -0.15) is 5.10 Å². The van der Waals surface area contributed by atoms with Crippen molar-refractivity contribution in [3.05, 3.63) is 77.1 Å². The molecule has 0 aliphatic heterocycles. The molecule has 28 heavy (non-hydrogen) atoms. The molecule has 3 N–H and O–H groups in total. The van der Waals surface area contributed by atoms with Crippen LogP contribution in [0.3, 0.4) is 0 Å². The highest BCUT2D eigenvalue weighted by Gasteiger charge is 2.13. The van der Waals surface area contributed by atoms with Gasteiger partial charge in [0.25, 0.3) is 0 Å². The number of benzene rings is 2. The van der Waals surface area contributed by atoms with Crippen LogP contribution in [-0.2, 0) is 25.9 Å². The van der Waals surface area contributed by atoms with Crippen molar-refractivity contribution in [3.63, 3.8) is 0 Å². The number of aryl methyl sites for hydroxylation is 1. The summed E-state index contributed by atoms with van der Waals surface area (Å²) in [5.41, 5.74) is 10.7. The second kappa shape index (κ2) is 8.21. The van der Waals surface area contributed by atoms with Crippen molar-refractivity contribution >= 4 is 11.6 Å². The fraction of sp³-hybridized carbons (Fsp3) is 0.286. The van der Waals surface area contributed by atoms with Gasteiger partial charge in [0, 0.05) is 5.69 Å². The second-order valence-electron chi connectivity index (χ2n) is 6.97. The topological polar surface area (TPSA) is 81.1 Å². The third-order valence-electron chi connectivity index (χ3n) is 4.87. The number of anilines is 1. The molecule has 3 aromatic rings. The van der Waals surface area contributed by atoms with Gasteiger partial charge in [0.2, 0.25) is 0 Å². The molecule has 6 nitrogen and oxygen atoms in total. The van der Waals surface area contributed by atoms with Crippen molar-refractivity contribution in [2.24, 2.45) is 10.7 Å². The Kier molecular flexibility index (Phi) is 5.32. The van der Waals surface area contributed by atoms with E-state index in [-0.39, 0.29) is 12.4 Å². The Labute approximate surface area is 163 Å². The first-order valence-electron chi connectivity index (χ1n) is 9.48. The molecule has 1 aliphatic rings. The number of guanidine groups is 1. The van der Waals surface area contributed by atoms with Gasteiger partial charge < -0.3 is 11.1 Å². The third-order valence-corrected chi connectivity index (χ3v) is 4.87. The summed E-state index contributed by atoms with van der Waals surface area (Å²) in [4.78, 5) is 8.61. The first-order chi connectivity index (χ1) is 13.7. The molecule has 7 heteroatoms. The smallest absolute Gasteiger partial charge is 0.193 e. The molecular formula is C21H23FN6. The molecular weight excluding hydrogens is 355 g/mol. The van der Waals surface area contributed by atoms with Crippen molar-refractivity contribution in [1.82, 2.24) is 14.8 Å². The minimum Gasteiger partial charge on any atom is -0.370 e. The first kappa shape index (κ1) is 18.2. The minimum atomic E-state index is -0.260. The van der Waals surface area contributed by atoms with Crippen LogP contribution in [0.1, 0.15) is 35.4 Å². The summed E-state index contributed by atoms with van der Waals surface area (Å²) in [5, 5.41) is 7.59. The predicted molar refractivity (Wildman–Crippen MR) is 108 cm³/mol. The van der Waals surface area contributed by atoms with Gasteiger partial charge >= 0.3 is 0 Å². The summed E-state index contributed by atoms with van der Waals surface area (Å²) < 4.78 is 14.9. The molecule has 0 amide bonds. The van der Waals surface area contributed by atoms with E-state index in [0.29, 0.717) is 18.3 Å². The van der Waals surface area contributed by atoms with Crippen molar-refractivity contribution in [2.75, 3.05) is 5.32 Å². The summed E-state index contributed by atoms with van der Waals surface area (Å²) >= 11 is 0. The number of hydrogen-bond acceptors (Lipinski definition) is 3. The number of nitrogens with two attached hydrogens (primary N) is 1. The van der Waals surface area contributed by atoms with E-state index < -0.39 is 0 Å². The van der Waals surface area contributed by atoms with Crippen LogP contribution in [0, 0.1) is 5.82 Å². The SMILES string of the molecule is NC(=NCc1ncn(Cc2cccc(F)c2)n1)Nc1cccc2c1CCCC2. The Bertz CT molecular complexity index is 994. The molecule has 0 fully saturated rings. The first-order valence-corrected chi connectivity index (χ1v) is 9.48. The number of aromatic nitrogens is 3. The number of hydrogen-bond donors (Lipinski definition) is 2. The van der Waals surface area contributed by atoms with Crippen LogP contribution < -0.4 is 11.1 Å². The maximum atomic E-state index is 13.3. The third kappa shape index (κ3) is 4.36. The summed E-state index contributed by atoms with van der Waals surface area (Å²) in [6.07, 6.45) is 6.25. The Balaban J connectivity index is 1.39. The summed E-state index contributed by atoms with van der Waals surface area (Å²) in [7, 11) is 0. The Morgan fingerprint density at radius 2 is 2.04 bits per heavy atom. The Morgan fingerprint density at radius 3 is 2.93 bits per heavy atom. The molecule has 0 unspecified atom stereocenters. The van der Waals surface area contributed by atoms with Gasteiger partial charge in [0.05, 0.1) is 6.54 Å². The molecule has 1 heterocycles. The lowest BCUT2D eigenvalue weighted by Crippen LogP contribution is -2.24. The number of nitrogens with one attached hydrogen (secondary N) is 1. The number of halogens is 1. The van der Waals surface area contributed by atoms with Gasteiger partial charge in [0.15, 0.2) is 11.8 Å². The largest absolute Gasteiger partial charge is 0.370 e. The fourth-order valence-corrected chi connectivity index (χ4v) is 3.54. The molecule has 1 aromatic heterocycles. The van der Waals surface area contributed by atoms with Gasteiger partial charge in [-0.25, -0.2) is 19.0 Å². The maximum Gasteiger partial charge on any atom is 0.193 e. The molecule has 0 atom stereocenters. The van der Waals surface area contributed by atoms with E-state index in [1.165, 1.54) is 36.1 Å². The molecule has 1 aliphatic carbocycles. The van der Waals surface area contributed by atoms with E-state index >= 15 is 0 Å². The lowest BCUT2D eigenvalue weighted by Gasteiger charge is -2.19. The predicted octanol–water partition coefficient (Wildman–Crippen LogP) is 3.27. The normalized spacial score (nSPS) is 14.0. The van der Waals surface area contributed by atoms with Gasteiger partial charge in [-0.05, 0) is 60.6 Å². The van der Waals surface area contributed by atoms with Crippen LogP contribution in [0.5, 0.6) is 0 Å². The van der Waals surface area contributed by atoms with Crippen LogP contribution in [-0.4, -0.2) is 20.7 Å². The van der Waals surface area contributed by atoms with E-state index in [9.17, 15) is 4.39 Å².